The molecule has 7 heteroatoms. The number of carbonyl (C=O) groups excluding carboxylic acids is 1. The summed E-state index contributed by atoms with van der Waals surface area (Å²) in [5.41, 5.74) is -2.24. The molecule has 17 heavy (non-hydrogen) atoms. The van der Waals surface area contributed by atoms with Gasteiger partial charge < -0.3 is 20.6 Å². The van der Waals surface area contributed by atoms with Gasteiger partial charge in [-0.15, -0.1) is 0 Å². The van der Waals surface area contributed by atoms with Gasteiger partial charge in [-0.2, -0.15) is 0 Å². The molecule has 0 aromatic heterocycles. The van der Waals surface area contributed by atoms with Crippen LogP contribution in [0.4, 0.5) is 0 Å². The highest BCUT2D eigenvalue weighted by Crippen LogP contribution is 2.62. The van der Waals surface area contributed by atoms with E-state index in [2.05, 4.69) is 5.32 Å². The first kappa shape index (κ1) is 10.5. The lowest BCUT2D eigenvalue weighted by atomic mass is 9.87. The van der Waals surface area contributed by atoms with Gasteiger partial charge in [-0.1, -0.05) is 0 Å². The first-order valence-corrected chi connectivity index (χ1v) is 5.12. The molecule has 0 aromatic rings. The minimum atomic E-state index is -2.40. The number of rotatable bonds is 3. The van der Waals surface area contributed by atoms with Crippen LogP contribution in [-0.4, -0.2) is 44.8 Å². The predicted octanol–water partition coefficient (Wildman–Crippen LogP) is -1.34. The van der Waals surface area contributed by atoms with Gasteiger partial charge in [0.15, 0.2) is 5.54 Å². The Hall–Kier alpha value is -1.63. The van der Waals surface area contributed by atoms with E-state index in [0.717, 1.165) is 6.92 Å². The molecular formula is C10H13NO6. The summed E-state index contributed by atoms with van der Waals surface area (Å²) in [6, 6.07) is 0. The fourth-order valence-electron chi connectivity index (χ4n) is 2.88. The molecule has 2 aliphatic rings. The van der Waals surface area contributed by atoms with Gasteiger partial charge in [-0.25, -0.2) is 4.79 Å². The summed E-state index contributed by atoms with van der Waals surface area (Å²) in [6.07, 6.45) is -2.67. The van der Waals surface area contributed by atoms with Crippen molar-refractivity contribution < 1.29 is 31.1 Å². The van der Waals surface area contributed by atoms with E-state index in [1.54, 1.807) is 0 Å². The number of carboxylic acids is 2. The van der Waals surface area contributed by atoms with Gasteiger partial charge in [0, 0.05) is 12.8 Å². The topological polar surface area (TPSA) is 124 Å². The second kappa shape index (κ2) is 3.43. The fourth-order valence-corrected chi connectivity index (χ4v) is 2.88. The summed E-state index contributed by atoms with van der Waals surface area (Å²) < 4.78 is 7.67. The quantitative estimate of drug-likeness (QED) is 0.487. The van der Waals surface area contributed by atoms with Crippen LogP contribution in [0.25, 0.3) is 0 Å². The van der Waals surface area contributed by atoms with Crippen LogP contribution in [0.1, 0.15) is 14.7 Å². The van der Waals surface area contributed by atoms with Crippen LogP contribution in [0.15, 0.2) is 0 Å². The Morgan fingerprint density at radius 3 is 2.41 bits per heavy atom. The van der Waals surface area contributed by atoms with E-state index in [-0.39, 0.29) is 6.42 Å². The minimum Gasteiger partial charge on any atom is -0.481 e. The van der Waals surface area contributed by atoms with Gasteiger partial charge in [-0.05, 0) is 12.3 Å². The number of fused-ring (bicyclic) bond motifs is 1. The van der Waals surface area contributed by atoms with Crippen LogP contribution in [0.2, 0.25) is 0 Å². The van der Waals surface area contributed by atoms with Crippen molar-refractivity contribution in [3.05, 3.63) is 0 Å². The molecular weight excluding hydrogens is 230 g/mol. The third-order valence-electron chi connectivity index (χ3n) is 3.55. The van der Waals surface area contributed by atoms with Crippen molar-refractivity contribution in [2.75, 3.05) is 0 Å². The molecule has 0 saturated heterocycles. The maximum atomic E-state index is 11.4. The van der Waals surface area contributed by atoms with E-state index in [4.69, 9.17) is 6.48 Å². The van der Waals surface area contributed by atoms with E-state index in [0.29, 0.717) is 0 Å². The number of hydrogen-bond acceptors (Lipinski definition) is 4. The van der Waals surface area contributed by atoms with E-state index in [1.165, 1.54) is 0 Å². The molecule has 2 fully saturated rings. The molecule has 0 heterocycles. The summed E-state index contributed by atoms with van der Waals surface area (Å²) in [4.78, 5) is 33.4. The molecule has 0 bridgehead atoms. The Balaban J connectivity index is 2.44. The average molecular weight is 245 g/mol. The van der Waals surface area contributed by atoms with Crippen molar-refractivity contribution >= 4 is 17.8 Å². The van der Waals surface area contributed by atoms with Crippen molar-refractivity contribution in [2.24, 2.45) is 17.8 Å². The average Bonchev–Trinajstić information content (AvgIpc) is 2.80. The van der Waals surface area contributed by atoms with Crippen LogP contribution >= 0.6 is 0 Å². The summed E-state index contributed by atoms with van der Waals surface area (Å²) in [5.74, 6) is -5.94. The number of hydrogen-bond donors (Lipinski definition) is 4. The van der Waals surface area contributed by atoms with E-state index < -0.39 is 47.2 Å². The lowest BCUT2D eigenvalue weighted by Crippen LogP contribution is -2.62. The molecule has 2 aliphatic carbocycles. The van der Waals surface area contributed by atoms with Crippen molar-refractivity contribution in [3.63, 3.8) is 0 Å². The number of carbonyl (C=O) groups is 3. The molecule has 4 N–H and O–H groups in total. The molecule has 0 spiro atoms. The lowest BCUT2D eigenvalue weighted by Gasteiger charge is -2.31. The molecule has 1 amide bonds. The van der Waals surface area contributed by atoms with Crippen LogP contribution in [-0.2, 0) is 14.4 Å². The summed E-state index contributed by atoms with van der Waals surface area (Å²) in [6.45, 7) is 1.06. The normalized spacial score (nSPS) is 47.9. The predicted molar refractivity (Wildman–Crippen MR) is 52.9 cm³/mol. The van der Waals surface area contributed by atoms with Gasteiger partial charge in [-0.3, -0.25) is 9.59 Å². The molecule has 0 radical (unpaired) electrons. The monoisotopic (exact) mass is 245 g/mol. The number of nitrogens with one attached hydrogen (secondary N) is 1. The van der Waals surface area contributed by atoms with E-state index in [9.17, 15) is 24.6 Å². The Morgan fingerprint density at radius 1 is 1.41 bits per heavy atom. The van der Waals surface area contributed by atoms with Crippen molar-refractivity contribution in [3.8, 4) is 0 Å². The number of aliphatic carboxylic acids is 2. The number of aliphatic hydroxyl groups is 1. The highest BCUT2D eigenvalue weighted by Gasteiger charge is 2.75. The Morgan fingerprint density at radius 2 is 2.00 bits per heavy atom. The van der Waals surface area contributed by atoms with Crippen LogP contribution in [0, 0.1) is 17.8 Å². The molecule has 0 unspecified atom stereocenters. The van der Waals surface area contributed by atoms with Crippen LogP contribution in [0.5, 0.6) is 0 Å². The van der Waals surface area contributed by atoms with Crippen molar-refractivity contribution in [2.45, 2.75) is 25.0 Å². The third-order valence-corrected chi connectivity index (χ3v) is 3.55. The minimum absolute atomic E-state index is 0.277. The summed E-state index contributed by atoms with van der Waals surface area (Å²) >= 11 is 0. The molecule has 5 atom stereocenters. The van der Waals surface area contributed by atoms with Crippen molar-refractivity contribution in [1.29, 1.82) is 0 Å². The fraction of sp³-hybridized carbons (Fsp3) is 0.700. The van der Waals surface area contributed by atoms with Gasteiger partial charge in [0.05, 0.1) is 13.4 Å². The molecule has 2 rings (SSSR count). The molecule has 0 aliphatic heterocycles. The summed E-state index contributed by atoms with van der Waals surface area (Å²) in [5, 5.41) is 30.2. The Labute approximate surface area is 97.8 Å². The highest BCUT2D eigenvalue weighted by atomic mass is 16.4. The second-order valence-corrected chi connectivity index (χ2v) is 4.50. The van der Waals surface area contributed by atoms with Gasteiger partial charge in [0.1, 0.15) is 0 Å². The number of carboxylic acid groups (broad SMARTS) is 2. The van der Waals surface area contributed by atoms with Gasteiger partial charge in [0.25, 0.3) is 0 Å². The number of amides is 1. The van der Waals surface area contributed by atoms with Crippen molar-refractivity contribution in [1.82, 2.24) is 5.32 Å². The maximum Gasteiger partial charge on any atom is 0.332 e. The third kappa shape index (κ3) is 1.42. The largest absolute Gasteiger partial charge is 0.481 e. The highest BCUT2D eigenvalue weighted by molar-refractivity contribution is 5.90. The zero-order valence-corrected chi connectivity index (χ0v) is 9.01. The lowest BCUT2D eigenvalue weighted by molar-refractivity contribution is -0.154. The second-order valence-electron chi connectivity index (χ2n) is 4.50. The molecule has 0 aromatic carbocycles. The standard InChI is InChI=1S/C10H13NO6/c1-3(12)11-10(9(16)17)5(13)2-4-6(7(4)10)8(14)15/h4-7,13H,2H2,1H3,(H,11,12)(H,14,15)(H,16,17)/t4-,5-,6-,7-,10-/m0/s1/i5T. The van der Waals surface area contributed by atoms with Crippen LogP contribution < -0.4 is 5.32 Å². The zero-order valence-electron chi connectivity index (χ0n) is 10.0. The van der Waals surface area contributed by atoms with E-state index in [1.807, 2.05) is 0 Å². The molecule has 7 nitrogen and oxygen atoms in total. The zero-order chi connectivity index (χ0) is 13.9. The van der Waals surface area contributed by atoms with Crippen LogP contribution in [0.3, 0.4) is 0 Å². The SMILES string of the molecule is [3H][C@]1(O)C[C@H]2[C@H](C(=O)O)[C@H]2[C@]1(NC(C)=O)C(=O)O. The summed E-state index contributed by atoms with van der Waals surface area (Å²) in [7, 11) is 0. The van der Waals surface area contributed by atoms with E-state index >= 15 is 0 Å². The first-order chi connectivity index (χ1) is 8.15. The maximum absolute atomic E-state index is 11.4. The first-order valence-electron chi connectivity index (χ1n) is 5.62. The smallest absolute Gasteiger partial charge is 0.332 e. The Bertz CT molecular complexity index is 450. The Kier molecular flexibility index (Phi) is 2.12. The molecule has 2 saturated carbocycles. The van der Waals surface area contributed by atoms with Gasteiger partial charge >= 0.3 is 11.9 Å². The molecule has 94 valence electrons. The van der Waals surface area contributed by atoms with Gasteiger partial charge in [0.2, 0.25) is 5.91 Å².